The van der Waals surface area contributed by atoms with Crippen LogP contribution in [-0.4, -0.2) is 42.1 Å². The molecule has 9 heteroatoms. The van der Waals surface area contributed by atoms with Gasteiger partial charge in [-0.05, 0) is 38.7 Å². The first kappa shape index (κ1) is 22.6. The third-order valence-corrected chi connectivity index (χ3v) is 6.75. The van der Waals surface area contributed by atoms with Crippen LogP contribution in [0.15, 0.2) is 54.9 Å². The summed E-state index contributed by atoms with van der Waals surface area (Å²) in [5.74, 6) is -1.85. The number of carboxylic acid groups (broad SMARTS) is 1. The number of nitrogen functional groups attached to an aromatic ring is 1. The molecule has 0 bridgehead atoms. The van der Waals surface area contributed by atoms with E-state index in [0.717, 1.165) is 16.8 Å². The molecule has 8 nitrogen and oxygen atoms in total. The number of hydrogen-bond acceptors (Lipinski definition) is 6. The average Bonchev–Trinajstić information content (AvgIpc) is 3.29. The second kappa shape index (κ2) is 8.57. The molecule has 35 heavy (non-hydrogen) atoms. The lowest BCUT2D eigenvalue weighted by atomic mass is 9.77. The van der Waals surface area contributed by atoms with E-state index in [1.54, 1.807) is 12.4 Å². The lowest BCUT2D eigenvalue weighted by Gasteiger charge is -2.31. The number of nitrogens with two attached hydrogens (primary N) is 1. The van der Waals surface area contributed by atoms with Crippen LogP contribution in [0.25, 0.3) is 28.0 Å². The number of Topliss-reactive ketones (excluding diaryl/α,β-unsaturated/α-hetero) is 1. The van der Waals surface area contributed by atoms with Crippen molar-refractivity contribution in [3.8, 4) is 22.4 Å². The van der Waals surface area contributed by atoms with Crippen molar-refractivity contribution in [2.24, 2.45) is 0 Å². The zero-order valence-corrected chi connectivity index (χ0v) is 19.1. The third-order valence-electron chi connectivity index (χ3n) is 6.75. The SMILES string of the molecule is CC(=O)c1c(N)n2ncc(-c3ccc(-c4ccccc4)nc3)c2nc1[C@H]1CC[C@@](F)(C(=O)O)CC1. The summed E-state index contributed by atoms with van der Waals surface area (Å²) in [5, 5.41) is 13.6. The zero-order valence-electron chi connectivity index (χ0n) is 19.1. The van der Waals surface area contributed by atoms with E-state index in [1.807, 2.05) is 42.5 Å². The molecule has 0 unspecified atom stereocenters. The predicted octanol–water partition coefficient (Wildman–Crippen LogP) is 4.69. The Morgan fingerprint density at radius 1 is 1.09 bits per heavy atom. The molecule has 3 heterocycles. The second-order valence-electron chi connectivity index (χ2n) is 8.95. The highest BCUT2D eigenvalue weighted by molar-refractivity contribution is 6.00. The first-order valence-corrected chi connectivity index (χ1v) is 11.4. The van der Waals surface area contributed by atoms with Gasteiger partial charge >= 0.3 is 5.97 Å². The topological polar surface area (TPSA) is 123 Å². The van der Waals surface area contributed by atoms with Crippen LogP contribution in [-0.2, 0) is 4.79 Å². The van der Waals surface area contributed by atoms with Gasteiger partial charge in [-0.2, -0.15) is 9.61 Å². The highest BCUT2D eigenvalue weighted by atomic mass is 19.1. The first-order chi connectivity index (χ1) is 16.8. The van der Waals surface area contributed by atoms with Crippen LogP contribution in [0.3, 0.4) is 0 Å². The Morgan fingerprint density at radius 3 is 2.40 bits per heavy atom. The van der Waals surface area contributed by atoms with E-state index >= 15 is 0 Å². The van der Waals surface area contributed by atoms with Gasteiger partial charge in [-0.3, -0.25) is 9.78 Å². The molecule has 3 aromatic heterocycles. The van der Waals surface area contributed by atoms with Crippen LogP contribution in [0.2, 0.25) is 0 Å². The number of carbonyl (C=O) groups excluding carboxylic acids is 1. The van der Waals surface area contributed by atoms with Crippen LogP contribution < -0.4 is 5.73 Å². The van der Waals surface area contributed by atoms with E-state index in [1.165, 1.54) is 11.4 Å². The molecule has 0 amide bonds. The Morgan fingerprint density at radius 2 is 1.80 bits per heavy atom. The Hall–Kier alpha value is -4.14. The van der Waals surface area contributed by atoms with Gasteiger partial charge in [0, 0.05) is 28.8 Å². The molecule has 4 aromatic rings. The molecule has 178 valence electrons. The van der Waals surface area contributed by atoms with Gasteiger partial charge in [-0.15, -0.1) is 0 Å². The number of nitrogens with zero attached hydrogens (tertiary/aromatic N) is 4. The molecule has 0 radical (unpaired) electrons. The molecule has 0 atom stereocenters. The van der Waals surface area contributed by atoms with E-state index < -0.39 is 11.6 Å². The number of hydrogen-bond donors (Lipinski definition) is 2. The second-order valence-corrected chi connectivity index (χ2v) is 8.95. The molecule has 0 aliphatic heterocycles. The maximum atomic E-state index is 14.6. The van der Waals surface area contributed by atoms with Crippen LogP contribution >= 0.6 is 0 Å². The number of fused-ring (bicyclic) bond motifs is 1. The first-order valence-electron chi connectivity index (χ1n) is 11.4. The van der Waals surface area contributed by atoms with Gasteiger partial charge < -0.3 is 10.8 Å². The number of alkyl halides is 1. The van der Waals surface area contributed by atoms with Crippen LogP contribution in [0.1, 0.15) is 54.6 Å². The number of carboxylic acids is 1. The van der Waals surface area contributed by atoms with Crippen LogP contribution in [0.5, 0.6) is 0 Å². The van der Waals surface area contributed by atoms with Gasteiger partial charge in [0.2, 0.25) is 5.67 Å². The fourth-order valence-electron chi connectivity index (χ4n) is 4.79. The normalized spacial score (nSPS) is 20.1. The lowest BCUT2D eigenvalue weighted by molar-refractivity contribution is -0.153. The quantitative estimate of drug-likeness (QED) is 0.403. The number of pyridine rings is 1. The van der Waals surface area contributed by atoms with Crippen molar-refractivity contribution in [2.75, 3.05) is 5.73 Å². The average molecular weight is 474 g/mol. The number of carbonyl (C=O) groups is 2. The minimum Gasteiger partial charge on any atom is -0.479 e. The smallest absolute Gasteiger partial charge is 0.341 e. The van der Waals surface area contributed by atoms with Crippen molar-refractivity contribution in [1.29, 1.82) is 0 Å². The van der Waals surface area contributed by atoms with Gasteiger partial charge in [0.25, 0.3) is 0 Å². The number of rotatable bonds is 5. The van der Waals surface area contributed by atoms with Crippen molar-refractivity contribution in [1.82, 2.24) is 19.6 Å². The van der Waals surface area contributed by atoms with E-state index in [4.69, 9.17) is 10.7 Å². The minimum absolute atomic E-state index is 0.145. The summed E-state index contributed by atoms with van der Waals surface area (Å²) in [6, 6.07) is 13.6. The minimum atomic E-state index is -2.25. The number of aromatic nitrogens is 4. The number of ketones is 1. The standard InChI is InChI=1S/C26H24FN5O3/c1-15(33)21-22(17-9-11-26(27,12-10-17)25(34)35)31-24-19(14-30-32(24)23(21)28)18-7-8-20(29-13-18)16-5-3-2-4-6-16/h2-8,13-14,17H,9-12,28H2,1H3,(H,34,35)/t17-,26-. The summed E-state index contributed by atoms with van der Waals surface area (Å²) >= 11 is 0. The Kier molecular flexibility index (Phi) is 5.55. The Labute approximate surface area is 200 Å². The monoisotopic (exact) mass is 473 g/mol. The maximum Gasteiger partial charge on any atom is 0.341 e. The molecule has 1 fully saturated rings. The number of anilines is 1. The molecule has 0 spiro atoms. The van der Waals surface area contributed by atoms with Gasteiger partial charge in [0.15, 0.2) is 11.4 Å². The number of halogens is 1. The molecular formula is C26H24FN5O3. The molecule has 1 saturated carbocycles. The summed E-state index contributed by atoms with van der Waals surface area (Å²) in [7, 11) is 0. The summed E-state index contributed by atoms with van der Waals surface area (Å²) < 4.78 is 16.1. The van der Waals surface area contributed by atoms with Crippen molar-refractivity contribution >= 4 is 23.2 Å². The van der Waals surface area contributed by atoms with Crippen LogP contribution in [0.4, 0.5) is 10.2 Å². The molecule has 0 saturated heterocycles. The van der Waals surface area contributed by atoms with E-state index in [2.05, 4.69) is 10.1 Å². The zero-order chi connectivity index (χ0) is 24.7. The van der Waals surface area contributed by atoms with Crippen molar-refractivity contribution < 1.29 is 19.1 Å². The largest absolute Gasteiger partial charge is 0.479 e. The summed E-state index contributed by atoms with van der Waals surface area (Å²) in [6.07, 6.45) is 3.58. The Balaban J connectivity index is 1.56. The molecule has 1 aromatic carbocycles. The third kappa shape index (κ3) is 3.92. The van der Waals surface area contributed by atoms with E-state index in [0.29, 0.717) is 16.9 Å². The fraction of sp³-hybridized carbons (Fsp3) is 0.269. The summed E-state index contributed by atoms with van der Waals surface area (Å²) in [5.41, 5.74) is 8.60. The van der Waals surface area contributed by atoms with Crippen molar-refractivity contribution in [3.05, 3.63) is 66.1 Å². The van der Waals surface area contributed by atoms with Gasteiger partial charge in [-0.25, -0.2) is 14.2 Å². The van der Waals surface area contributed by atoms with Gasteiger partial charge in [0.1, 0.15) is 5.82 Å². The number of aliphatic carboxylic acids is 1. The van der Waals surface area contributed by atoms with E-state index in [-0.39, 0.29) is 48.8 Å². The molecule has 1 aliphatic carbocycles. The molecule has 1 aliphatic rings. The highest BCUT2D eigenvalue weighted by Gasteiger charge is 2.43. The summed E-state index contributed by atoms with van der Waals surface area (Å²) in [6.45, 7) is 1.40. The lowest BCUT2D eigenvalue weighted by Crippen LogP contribution is -2.37. The van der Waals surface area contributed by atoms with E-state index in [9.17, 15) is 19.1 Å². The fourth-order valence-corrected chi connectivity index (χ4v) is 4.79. The summed E-state index contributed by atoms with van der Waals surface area (Å²) in [4.78, 5) is 33.2. The van der Waals surface area contributed by atoms with Crippen LogP contribution in [0, 0.1) is 0 Å². The van der Waals surface area contributed by atoms with Crippen molar-refractivity contribution in [3.63, 3.8) is 0 Å². The molecular weight excluding hydrogens is 449 g/mol. The predicted molar refractivity (Wildman–Crippen MR) is 129 cm³/mol. The molecule has 5 rings (SSSR count). The highest BCUT2D eigenvalue weighted by Crippen LogP contribution is 2.42. The van der Waals surface area contributed by atoms with Crippen molar-refractivity contribution in [2.45, 2.75) is 44.2 Å². The van der Waals surface area contributed by atoms with Gasteiger partial charge in [0.05, 0.1) is 23.1 Å². The molecule has 3 N–H and O–H groups in total. The van der Waals surface area contributed by atoms with Gasteiger partial charge in [-0.1, -0.05) is 36.4 Å². The maximum absolute atomic E-state index is 14.6. The number of benzene rings is 1. The Bertz CT molecular complexity index is 1430.